The van der Waals surface area contributed by atoms with Crippen molar-refractivity contribution in [3.05, 3.63) is 23.8 Å². The lowest BCUT2D eigenvalue weighted by atomic mass is 10.0. The summed E-state index contributed by atoms with van der Waals surface area (Å²) in [5.74, 6) is -0.375. The Hall–Kier alpha value is -2.28. The van der Waals surface area contributed by atoms with E-state index < -0.39 is 12.0 Å². The van der Waals surface area contributed by atoms with Gasteiger partial charge in [0, 0.05) is 11.6 Å². The second kappa shape index (κ2) is 9.77. The minimum absolute atomic E-state index is 0.0378. The van der Waals surface area contributed by atoms with Crippen LogP contribution < -0.4 is 14.8 Å². The number of benzene rings is 1. The number of methoxy groups -OCH3 is 2. The summed E-state index contributed by atoms with van der Waals surface area (Å²) in [6, 6.07) is 4.29. The number of aliphatic carboxylic acids is 1. The number of ether oxygens (including phenoxy) is 3. The molecule has 0 radical (unpaired) electrons. The fourth-order valence-corrected chi connectivity index (χ4v) is 2.09. The molecule has 0 spiro atoms. The number of carboxylic acid groups (broad SMARTS) is 1. The molecule has 1 aromatic rings. The van der Waals surface area contributed by atoms with Crippen LogP contribution in [-0.2, 0) is 14.3 Å². The van der Waals surface area contributed by atoms with Crippen LogP contribution in [0.25, 0.3) is 0 Å². The molecule has 0 aliphatic carbocycles. The highest BCUT2D eigenvalue weighted by atomic mass is 16.5. The molecule has 1 aromatic carbocycles. The molecule has 0 fully saturated rings. The molecule has 2 N–H and O–H groups in total. The second-order valence-corrected chi connectivity index (χ2v) is 5.36. The normalized spacial score (nSPS) is 13.0. The summed E-state index contributed by atoms with van der Waals surface area (Å²) in [6.45, 7) is 3.70. The van der Waals surface area contributed by atoms with Gasteiger partial charge < -0.3 is 24.6 Å². The van der Waals surface area contributed by atoms with Crippen molar-refractivity contribution in [2.75, 3.05) is 20.8 Å². The number of carbonyl (C=O) groups is 2. The van der Waals surface area contributed by atoms with E-state index in [9.17, 15) is 9.59 Å². The zero-order chi connectivity index (χ0) is 18.1. The van der Waals surface area contributed by atoms with E-state index >= 15 is 0 Å². The van der Waals surface area contributed by atoms with Gasteiger partial charge in [-0.25, -0.2) is 0 Å². The van der Waals surface area contributed by atoms with Crippen LogP contribution in [0, 0.1) is 0 Å². The summed E-state index contributed by atoms with van der Waals surface area (Å²) in [6.07, 6.45) is 0.486. The van der Waals surface area contributed by atoms with E-state index in [1.807, 2.05) is 13.8 Å². The molecule has 134 valence electrons. The highest BCUT2D eigenvalue weighted by Gasteiger charge is 2.22. The minimum atomic E-state index is -1.03. The van der Waals surface area contributed by atoms with Crippen LogP contribution >= 0.6 is 0 Å². The van der Waals surface area contributed by atoms with Crippen molar-refractivity contribution in [2.45, 2.75) is 38.8 Å². The Morgan fingerprint density at radius 1 is 1.25 bits per heavy atom. The zero-order valence-corrected chi connectivity index (χ0v) is 14.5. The molecule has 7 heteroatoms. The van der Waals surface area contributed by atoms with Crippen molar-refractivity contribution in [1.29, 1.82) is 0 Å². The smallest absolute Gasteiger partial charge is 0.305 e. The summed E-state index contributed by atoms with van der Waals surface area (Å²) in [7, 11) is 3.00. The number of amides is 1. The second-order valence-electron chi connectivity index (χ2n) is 5.36. The summed E-state index contributed by atoms with van der Waals surface area (Å²) >= 11 is 0. The predicted octanol–water partition coefficient (Wildman–Crippen LogP) is 2.15. The Bertz CT molecular complexity index is 560. The van der Waals surface area contributed by atoms with E-state index in [0.29, 0.717) is 17.1 Å². The maximum atomic E-state index is 12.1. The topological polar surface area (TPSA) is 94.1 Å². The highest BCUT2D eigenvalue weighted by Crippen LogP contribution is 2.31. The third kappa shape index (κ3) is 6.08. The number of rotatable bonds is 10. The largest absolute Gasteiger partial charge is 0.497 e. The van der Waals surface area contributed by atoms with E-state index in [4.69, 9.17) is 19.3 Å². The van der Waals surface area contributed by atoms with Crippen LogP contribution in [0.2, 0.25) is 0 Å². The van der Waals surface area contributed by atoms with Crippen molar-refractivity contribution >= 4 is 11.9 Å². The number of carbonyl (C=O) groups excluding carboxylic acids is 1. The van der Waals surface area contributed by atoms with Gasteiger partial charge in [0.15, 0.2) is 0 Å². The molecule has 0 aliphatic heterocycles. The van der Waals surface area contributed by atoms with Crippen molar-refractivity contribution in [3.63, 3.8) is 0 Å². The van der Waals surface area contributed by atoms with Gasteiger partial charge in [-0.1, -0.05) is 6.92 Å². The van der Waals surface area contributed by atoms with Crippen LogP contribution in [0.5, 0.6) is 11.5 Å². The number of carboxylic acids is 1. The molecule has 1 amide bonds. The Balaban J connectivity index is 2.92. The molecule has 0 aromatic heterocycles. The summed E-state index contributed by atoms with van der Waals surface area (Å²) < 4.78 is 15.8. The molecule has 0 aliphatic rings. The molecule has 0 saturated carbocycles. The first kappa shape index (κ1) is 19.8. The van der Waals surface area contributed by atoms with Gasteiger partial charge in [0.25, 0.3) is 0 Å². The summed E-state index contributed by atoms with van der Waals surface area (Å²) in [5.41, 5.74) is 0.567. The van der Waals surface area contributed by atoms with Gasteiger partial charge >= 0.3 is 5.97 Å². The lowest BCUT2D eigenvalue weighted by Gasteiger charge is -2.21. The lowest BCUT2D eigenvalue weighted by Crippen LogP contribution is -2.34. The maximum absolute atomic E-state index is 12.1. The fourth-order valence-electron chi connectivity index (χ4n) is 2.09. The SMILES string of the molecule is CCC(C)OCC(=O)NC(CC(=O)O)c1ccc(OC)cc1OC. The average molecular weight is 339 g/mol. The van der Waals surface area contributed by atoms with Gasteiger partial charge in [0.2, 0.25) is 5.91 Å². The van der Waals surface area contributed by atoms with E-state index in [2.05, 4.69) is 5.32 Å². The van der Waals surface area contributed by atoms with E-state index in [1.54, 1.807) is 18.2 Å². The molecule has 0 bridgehead atoms. The van der Waals surface area contributed by atoms with Gasteiger partial charge in [-0.15, -0.1) is 0 Å². The molecule has 24 heavy (non-hydrogen) atoms. The molecule has 7 nitrogen and oxygen atoms in total. The van der Waals surface area contributed by atoms with Crippen molar-refractivity contribution in [2.24, 2.45) is 0 Å². The Morgan fingerprint density at radius 3 is 2.50 bits per heavy atom. The van der Waals surface area contributed by atoms with Crippen LogP contribution in [0.1, 0.15) is 38.3 Å². The van der Waals surface area contributed by atoms with E-state index in [-0.39, 0.29) is 25.0 Å². The number of nitrogens with one attached hydrogen (secondary N) is 1. The third-order valence-electron chi connectivity index (χ3n) is 3.60. The third-order valence-corrected chi connectivity index (χ3v) is 3.60. The minimum Gasteiger partial charge on any atom is -0.497 e. The molecule has 2 unspecified atom stereocenters. The molecular formula is C17H25NO6. The van der Waals surface area contributed by atoms with Crippen LogP contribution in [-0.4, -0.2) is 43.9 Å². The molecule has 1 rings (SSSR count). The van der Waals surface area contributed by atoms with Crippen LogP contribution in [0.3, 0.4) is 0 Å². The predicted molar refractivity (Wildman–Crippen MR) is 88.4 cm³/mol. The van der Waals surface area contributed by atoms with Gasteiger partial charge in [0.05, 0.1) is 32.8 Å². The Kier molecular flexibility index (Phi) is 8.05. The molecule has 0 heterocycles. The first-order valence-corrected chi connectivity index (χ1v) is 7.75. The quantitative estimate of drug-likeness (QED) is 0.678. The number of hydrogen-bond donors (Lipinski definition) is 2. The molecule has 2 atom stereocenters. The first-order valence-electron chi connectivity index (χ1n) is 7.75. The van der Waals surface area contributed by atoms with Gasteiger partial charge in [-0.05, 0) is 25.5 Å². The summed E-state index contributed by atoms with van der Waals surface area (Å²) in [4.78, 5) is 23.2. The lowest BCUT2D eigenvalue weighted by molar-refractivity contribution is -0.138. The van der Waals surface area contributed by atoms with E-state index in [0.717, 1.165) is 6.42 Å². The van der Waals surface area contributed by atoms with Crippen LogP contribution in [0.4, 0.5) is 0 Å². The van der Waals surface area contributed by atoms with Gasteiger partial charge in [0.1, 0.15) is 18.1 Å². The monoisotopic (exact) mass is 339 g/mol. The van der Waals surface area contributed by atoms with E-state index in [1.165, 1.54) is 14.2 Å². The van der Waals surface area contributed by atoms with Gasteiger partial charge in [-0.3, -0.25) is 9.59 Å². The summed E-state index contributed by atoms with van der Waals surface area (Å²) in [5, 5.41) is 11.8. The Morgan fingerprint density at radius 2 is 1.96 bits per heavy atom. The number of hydrogen-bond acceptors (Lipinski definition) is 5. The van der Waals surface area contributed by atoms with Crippen molar-refractivity contribution in [1.82, 2.24) is 5.32 Å². The van der Waals surface area contributed by atoms with Crippen molar-refractivity contribution in [3.8, 4) is 11.5 Å². The maximum Gasteiger partial charge on any atom is 0.305 e. The van der Waals surface area contributed by atoms with Crippen molar-refractivity contribution < 1.29 is 28.9 Å². The molecule has 0 saturated heterocycles. The van der Waals surface area contributed by atoms with Gasteiger partial charge in [-0.2, -0.15) is 0 Å². The standard InChI is InChI=1S/C17H25NO6/c1-5-11(2)24-10-16(19)18-14(9-17(20)21)13-7-6-12(22-3)8-15(13)23-4/h6-8,11,14H,5,9-10H2,1-4H3,(H,18,19)(H,20,21). The Labute approximate surface area is 141 Å². The fraction of sp³-hybridized carbons (Fsp3) is 0.529. The zero-order valence-electron chi connectivity index (χ0n) is 14.5. The highest BCUT2D eigenvalue weighted by molar-refractivity contribution is 5.79. The molecular weight excluding hydrogens is 314 g/mol. The first-order chi connectivity index (χ1) is 11.4. The average Bonchev–Trinajstić information content (AvgIpc) is 2.57. The van der Waals surface area contributed by atoms with Crippen LogP contribution in [0.15, 0.2) is 18.2 Å².